The Morgan fingerprint density at radius 3 is 1.57 bits per heavy atom. The van der Waals surface area contributed by atoms with Gasteiger partial charge in [0.05, 0.1) is 32.8 Å². The quantitative estimate of drug-likeness (QED) is 0.178. The summed E-state index contributed by atoms with van der Waals surface area (Å²) >= 11 is 0. The van der Waals surface area contributed by atoms with Gasteiger partial charge in [0.15, 0.2) is 0 Å². The third-order valence-electron chi connectivity index (χ3n) is 8.84. The lowest BCUT2D eigenvalue weighted by atomic mass is 9.97. The van der Waals surface area contributed by atoms with Gasteiger partial charge in [-0.05, 0) is 90.2 Å². The van der Waals surface area contributed by atoms with Gasteiger partial charge < -0.3 is 10.5 Å². The van der Waals surface area contributed by atoms with Gasteiger partial charge >= 0.3 is 5.97 Å². The lowest BCUT2D eigenvalue weighted by Gasteiger charge is -2.22. The van der Waals surface area contributed by atoms with Crippen LogP contribution in [-0.4, -0.2) is 69.2 Å². The molecule has 1 aromatic rings. The monoisotopic (exact) mass is 783 g/mol. The minimum Gasteiger partial charge on any atom is -0.460 e. The Morgan fingerprint density at radius 2 is 1.24 bits per heavy atom. The van der Waals surface area contributed by atoms with E-state index in [9.17, 15) is 39.6 Å². The molecule has 4 aliphatic carbocycles. The van der Waals surface area contributed by atoms with Crippen molar-refractivity contribution < 1.29 is 48.9 Å². The van der Waals surface area contributed by atoms with Crippen molar-refractivity contribution in [1.82, 2.24) is 9.44 Å². The van der Waals surface area contributed by atoms with E-state index in [2.05, 4.69) is 9.44 Å². The van der Waals surface area contributed by atoms with Gasteiger partial charge in [0, 0.05) is 0 Å². The summed E-state index contributed by atoms with van der Waals surface area (Å²) in [5.74, 6) is -1.36. The zero-order valence-electron chi connectivity index (χ0n) is 28.3. The molecular weight excluding hydrogens is 723 g/mol. The number of carbonyl (C=O) groups excluding carboxylic acids is 3. The summed E-state index contributed by atoms with van der Waals surface area (Å²) in [7, 11) is -11.0. The van der Waals surface area contributed by atoms with Gasteiger partial charge in [0.25, 0.3) is 16.0 Å². The number of amides is 2. The SMILES string of the molecule is C.C.C.CC[C@@H]1C[C@]1(CC(=O)OC(C)(C)C)C(=O)NS(=O)(=O)C1CC1.CC[C@@H]1C[C@]1(N)C(=O)NS(=O)(=O)C1CC1.Cc1ccc(S(=O)(=O)O)cc1. The topological polar surface area (TPSA) is 233 Å². The summed E-state index contributed by atoms with van der Waals surface area (Å²) in [6.07, 6.45) is 5.11. The Kier molecular flexibility index (Phi) is 16.6. The average Bonchev–Trinajstić information content (AvgIpc) is 3.74. The molecule has 1 aromatic carbocycles. The summed E-state index contributed by atoms with van der Waals surface area (Å²) in [4.78, 5) is 36.1. The smallest absolute Gasteiger partial charge is 0.307 e. The van der Waals surface area contributed by atoms with Crippen LogP contribution in [0.4, 0.5) is 0 Å². The van der Waals surface area contributed by atoms with E-state index in [1.807, 2.05) is 20.8 Å². The molecule has 0 aliphatic heterocycles. The first-order valence-electron chi connectivity index (χ1n) is 16.1. The van der Waals surface area contributed by atoms with Crippen molar-refractivity contribution in [2.24, 2.45) is 23.0 Å². The van der Waals surface area contributed by atoms with Crippen LogP contribution in [0.3, 0.4) is 0 Å². The number of aryl methyl sites for hydroxylation is 1. The standard InChI is InChI=1S/C15H25NO5S.C9H16N2O3S.C7H8O3S.3CH4/c1-5-10-8-15(10,9-12(17)21-14(2,3)4)13(18)16-22(19,20)11-6-7-11;1-2-6-5-9(6,10)8(12)11-15(13,14)7-3-4-7;1-6-2-4-7(5-3-6)11(8,9)10;;;/h10-11H,5-9H2,1-4H3,(H,16,18);6-7H,2-5,10H2,1H3,(H,11,12);2-5H,1H3,(H,8,9,10);3*1H4/t10-,15-;6-,9-;;;;/m11..../s1. The number of benzene rings is 1. The lowest BCUT2D eigenvalue weighted by Crippen LogP contribution is -2.47. The molecule has 4 saturated carbocycles. The van der Waals surface area contributed by atoms with Crippen LogP contribution in [0.5, 0.6) is 0 Å². The van der Waals surface area contributed by atoms with Crippen molar-refractivity contribution >= 4 is 47.9 Å². The van der Waals surface area contributed by atoms with Crippen molar-refractivity contribution in [3.63, 3.8) is 0 Å². The van der Waals surface area contributed by atoms with E-state index in [1.165, 1.54) is 12.1 Å². The van der Waals surface area contributed by atoms with E-state index in [4.69, 9.17) is 15.0 Å². The number of esters is 1. The van der Waals surface area contributed by atoms with Gasteiger partial charge in [-0.1, -0.05) is 66.7 Å². The molecule has 0 radical (unpaired) electrons. The molecule has 0 bridgehead atoms. The van der Waals surface area contributed by atoms with Gasteiger partial charge in [-0.2, -0.15) is 8.42 Å². The van der Waals surface area contributed by atoms with Gasteiger partial charge in [-0.25, -0.2) is 16.8 Å². The highest BCUT2D eigenvalue weighted by Gasteiger charge is 2.61. The van der Waals surface area contributed by atoms with Crippen LogP contribution < -0.4 is 15.2 Å². The van der Waals surface area contributed by atoms with Crippen LogP contribution in [0.25, 0.3) is 0 Å². The summed E-state index contributed by atoms with van der Waals surface area (Å²) in [6.45, 7) is 11.0. The third-order valence-corrected chi connectivity index (χ3v) is 13.3. The first-order chi connectivity index (χ1) is 21.9. The molecule has 17 heteroatoms. The molecule has 4 fully saturated rings. The largest absolute Gasteiger partial charge is 0.460 e. The van der Waals surface area contributed by atoms with Gasteiger partial charge in [0.1, 0.15) is 5.60 Å². The number of ether oxygens (including phenoxy) is 1. The van der Waals surface area contributed by atoms with Crippen LogP contribution in [0.2, 0.25) is 0 Å². The fourth-order valence-electron chi connectivity index (χ4n) is 5.35. The Hall–Kier alpha value is -2.60. The minimum atomic E-state index is -4.02. The maximum atomic E-state index is 12.4. The molecule has 0 heterocycles. The van der Waals surface area contributed by atoms with Crippen molar-refractivity contribution in [2.45, 2.75) is 148 Å². The van der Waals surface area contributed by atoms with Crippen molar-refractivity contribution in [3.8, 4) is 0 Å². The molecule has 5 N–H and O–H groups in total. The van der Waals surface area contributed by atoms with E-state index < -0.39 is 69.8 Å². The first kappa shape index (κ1) is 48.4. The Labute approximate surface area is 306 Å². The second-order valence-corrected chi connectivity index (χ2v) is 19.6. The van der Waals surface area contributed by atoms with Crippen LogP contribution in [-0.2, 0) is 49.3 Å². The number of sulfonamides is 2. The molecule has 2 amide bonds. The van der Waals surface area contributed by atoms with E-state index in [0.717, 1.165) is 18.4 Å². The molecule has 0 aromatic heterocycles. The zero-order valence-corrected chi connectivity index (χ0v) is 30.8. The number of carbonyl (C=O) groups is 3. The number of nitrogens with one attached hydrogen (secondary N) is 2. The molecule has 51 heavy (non-hydrogen) atoms. The van der Waals surface area contributed by atoms with Crippen LogP contribution in [0, 0.1) is 24.2 Å². The van der Waals surface area contributed by atoms with Crippen LogP contribution in [0.1, 0.15) is 120 Å². The van der Waals surface area contributed by atoms with E-state index in [-0.39, 0.29) is 50.7 Å². The average molecular weight is 784 g/mol. The second kappa shape index (κ2) is 17.5. The number of rotatable bonds is 11. The fourth-order valence-corrected chi connectivity index (χ4v) is 8.59. The molecule has 5 rings (SSSR count). The normalized spacial score (nSPS) is 24.9. The van der Waals surface area contributed by atoms with E-state index >= 15 is 0 Å². The maximum Gasteiger partial charge on any atom is 0.307 e. The summed E-state index contributed by atoms with van der Waals surface area (Å²) in [5, 5.41) is -0.822. The zero-order chi connectivity index (χ0) is 36.5. The maximum absolute atomic E-state index is 12.4. The molecule has 4 atom stereocenters. The predicted octanol–water partition coefficient (Wildman–Crippen LogP) is 4.62. The molecule has 0 unspecified atom stereocenters. The number of nitrogens with two attached hydrogens (primary N) is 1. The van der Waals surface area contributed by atoms with Crippen LogP contribution in [0.15, 0.2) is 29.2 Å². The van der Waals surface area contributed by atoms with Crippen molar-refractivity contribution in [2.75, 3.05) is 0 Å². The highest BCUT2D eigenvalue weighted by Crippen LogP contribution is 2.57. The predicted molar refractivity (Wildman–Crippen MR) is 198 cm³/mol. The highest BCUT2D eigenvalue weighted by molar-refractivity contribution is 7.91. The van der Waals surface area contributed by atoms with E-state index in [1.54, 1.807) is 32.9 Å². The first-order valence-corrected chi connectivity index (χ1v) is 20.6. The summed E-state index contributed by atoms with van der Waals surface area (Å²) in [6, 6.07) is 5.99. The molecule has 0 spiro atoms. The van der Waals surface area contributed by atoms with Crippen molar-refractivity contribution in [3.05, 3.63) is 29.8 Å². The summed E-state index contributed by atoms with van der Waals surface area (Å²) < 4.78 is 86.0. The molecule has 4 aliphatic rings. The number of hydrogen-bond donors (Lipinski definition) is 4. The van der Waals surface area contributed by atoms with Crippen LogP contribution >= 0.6 is 0 Å². The Morgan fingerprint density at radius 1 is 0.804 bits per heavy atom. The Bertz CT molecular complexity index is 1700. The van der Waals surface area contributed by atoms with E-state index in [0.29, 0.717) is 38.5 Å². The molecule has 0 saturated heterocycles. The minimum absolute atomic E-state index is 0. The summed E-state index contributed by atoms with van der Waals surface area (Å²) in [5.41, 5.74) is 4.28. The Balaban J connectivity index is 0.000000756. The second-order valence-electron chi connectivity index (χ2n) is 14.2. The van der Waals surface area contributed by atoms with Gasteiger partial charge in [-0.3, -0.25) is 28.4 Å². The molecule has 296 valence electrons. The van der Waals surface area contributed by atoms with Gasteiger partial charge in [0.2, 0.25) is 26.0 Å². The molecule has 14 nitrogen and oxygen atoms in total. The number of hydrogen-bond acceptors (Lipinski definition) is 11. The highest BCUT2D eigenvalue weighted by atomic mass is 32.2. The molecular formula is C34H61N3O11S3. The lowest BCUT2D eigenvalue weighted by molar-refractivity contribution is -0.158. The fraction of sp³-hybridized carbons (Fsp3) is 0.735. The third kappa shape index (κ3) is 13.4. The van der Waals surface area contributed by atoms with Crippen molar-refractivity contribution in [1.29, 1.82) is 0 Å². The van der Waals surface area contributed by atoms with Gasteiger partial charge in [-0.15, -0.1) is 0 Å².